The van der Waals surface area contributed by atoms with Crippen molar-refractivity contribution in [3.8, 4) is 6.07 Å². The van der Waals surface area contributed by atoms with Gasteiger partial charge in [0.1, 0.15) is 6.07 Å². The van der Waals surface area contributed by atoms with Crippen molar-refractivity contribution in [3.05, 3.63) is 77.1 Å². The lowest BCUT2D eigenvalue weighted by molar-refractivity contribution is 0.318. The van der Waals surface area contributed by atoms with Crippen LogP contribution in [0.25, 0.3) is 5.52 Å². The molecule has 2 aromatic heterocycles. The second-order valence-corrected chi connectivity index (χ2v) is 5.73. The van der Waals surface area contributed by atoms with Crippen molar-refractivity contribution in [1.29, 1.82) is 5.26 Å². The Kier molecular flexibility index (Phi) is 3.95. The molecule has 0 N–H and O–H groups in total. The lowest BCUT2D eigenvalue weighted by Crippen LogP contribution is -2.18. The first-order valence-corrected chi connectivity index (χ1v) is 7.41. The van der Waals surface area contributed by atoms with Gasteiger partial charge >= 0.3 is 0 Å². The van der Waals surface area contributed by atoms with E-state index in [1.807, 2.05) is 28.8 Å². The number of hydrogen-bond donors (Lipinski definition) is 0. The van der Waals surface area contributed by atoms with E-state index >= 15 is 0 Å². The number of rotatable bonds is 4. The zero-order valence-corrected chi connectivity index (χ0v) is 13.0. The Balaban J connectivity index is 1.84. The third-order valence-corrected chi connectivity index (χ3v) is 4.02. The van der Waals surface area contributed by atoms with Crippen molar-refractivity contribution in [2.45, 2.75) is 20.0 Å². The quantitative estimate of drug-likeness (QED) is 0.732. The van der Waals surface area contributed by atoms with Gasteiger partial charge in [0.25, 0.3) is 0 Å². The summed E-state index contributed by atoms with van der Waals surface area (Å²) in [6.45, 7) is 3.78. The number of benzene rings is 1. The summed E-state index contributed by atoms with van der Waals surface area (Å²) in [5, 5.41) is 9.47. The van der Waals surface area contributed by atoms with Crippen LogP contribution < -0.4 is 0 Å². The summed E-state index contributed by atoms with van der Waals surface area (Å²) in [6.07, 6.45) is 4.04. The van der Waals surface area contributed by atoms with Gasteiger partial charge in [-0.1, -0.05) is 30.3 Å². The summed E-state index contributed by atoms with van der Waals surface area (Å²) in [6, 6.07) is 16.7. The van der Waals surface area contributed by atoms with Gasteiger partial charge in [0.15, 0.2) is 0 Å². The van der Waals surface area contributed by atoms with Crippen LogP contribution >= 0.6 is 0 Å². The van der Waals surface area contributed by atoms with E-state index in [9.17, 15) is 5.26 Å². The molecule has 1 aromatic carbocycles. The minimum Gasteiger partial charge on any atom is -0.322 e. The van der Waals surface area contributed by atoms with Crippen LogP contribution in [0.3, 0.4) is 0 Å². The zero-order chi connectivity index (χ0) is 15.5. The van der Waals surface area contributed by atoms with Crippen LogP contribution in [0.5, 0.6) is 0 Å². The molecule has 0 saturated heterocycles. The molecule has 0 saturated carbocycles. The minimum atomic E-state index is 0.763. The van der Waals surface area contributed by atoms with Crippen molar-refractivity contribution < 1.29 is 0 Å². The fraction of sp³-hybridized carbons (Fsp3) is 0.211. The molecular formula is C19H19N3. The highest BCUT2D eigenvalue weighted by Gasteiger charge is 2.12. The summed E-state index contributed by atoms with van der Waals surface area (Å²) in [5.41, 5.74) is 5.45. The molecule has 0 fully saturated rings. The number of nitriles is 1. The molecule has 0 radical (unpaired) electrons. The Morgan fingerprint density at radius 3 is 2.55 bits per heavy atom. The highest BCUT2D eigenvalue weighted by Crippen LogP contribution is 2.20. The van der Waals surface area contributed by atoms with E-state index in [0.717, 1.165) is 29.7 Å². The Hall–Kier alpha value is -2.57. The summed E-state index contributed by atoms with van der Waals surface area (Å²) in [7, 11) is 2.09. The molecule has 110 valence electrons. The highest BCUT2D eigenvalue weighted by molar-refractivity contribution is 5.65. The Bertz CT molecular complexity index is 839. The van der Waals surface area contributed by atoms with Crippen LogP contribution in [0.1, 0.15) is 22.3 Å². The van der Waals surface area contributed by atoms with E-state index in [-0.39, 0.29) is 0 Å². The van der Waals surface area contributed by atoms with Gasteiger partial charge in [0, 0.05) is 31.0 Å². The summed E-state index contributed by atoms with van der Waals surface area (Å²) >= 11 is 0. The first-order chi connectivity index (χ1) is 10.7. The van der Waals surface area contributed by atoms with Gasteiger partial charge in [-0.15, -0.1) is 0 Å². The van der Waals surface area contributed by atoms with Crippen LogP contribution in [0, 0.1) is 18.3 Å². The fourth-order valence-electron chi connectivity index (χ4n) is 2.85. The molecule has 22 heavy (non-hydrogen) atoms. The largest absolute Gasteiger partial charge is 0.322 e. The van der Waals surface area contributed by atoms with Crippen molar-refractivity contribution in [2.24, 2.45) is 0 Å². The molecule has 2 heterocycles. The number of aromatic nitrogens is 1. The van der Waals surface area contributed by atoms with Gasteiger partial charge in [-0.25, -0.2) is 0 Å². The van der Waals surface area contributed by atoms with Crippen molar-refractivity contribution in [3.63, 3.8) is 0 Å². The molecule has 3 aromatic rings. The van der Waals surface area contributed by atoms with E-state index in [2.05, 4.69) is 55.4 Å². The second-order valence-electron chi connectivity index (χ2n) is 5.73. The smallest absolute Gasteiger partial charge is 0.102 e. The van der Waals surface area contributed by atoms with Crippen molar-refractivity contribution >= 4 is 5.52 Å². The van der Waals surface area contributed by atoms with Gasteiger partial charge in [-0.2, -0.15) is 5.26 Å². The predicted molar refractivity (Wildman–Crippen MR) is 88.5 cm³/mol. The monoisotopic (exact) mass is 289 g/mol. The average Bonchev–Trinajstić information content (AvgIpc) is 2.86. The third-order valence-electron chi connectivity index (χ3n) is 4.02. The molecule has 0 aliphatic carbocycles. The van der Waals surface area contributed by atoms with Crippen LogP contribution in [0.2, 0.25) is 0 Å². The van der Waals surface area contributed by atoms with E-state index < -0.39 is 0 Å². The molecule has 3 heteroatoms. The number of pyridine rings is 1. The molecule has 0 bridgehead atoms. The summed E-state index contributed by atoms with van der Waals surface area (Å²) < 4.78 is 2.02. The van der Waals surface area contributed by atoms with E-state index in [1.165, 1.54) is 11.1 Å². The number of hydrogen-bond acceptors (Lipinski definition) is 2. The van der Waals surface area contributed by atoms with Crippen LogP contribution in [-0.4, -0.2) is 16.3 Å². The van der Waals surface area contributed by atoms with Crippen LogP contribution in [0.4, 0.5) is 0 Å². The standard InChI is InChI=1S/C19H19N3/c1-15-7-3-4-8-16(15)12-21(2)13-17-14-22-10-6-5-9-19(22)18(17)11-20/h3-10,14H,12-13H2,1-2H3. The molecule has 3 rings (SSSR count). The van der Waals surface area contributed by atoms with Gasteiger partial charge < -0.3 is 4.40 Å². The Labute approximate surface area is 131 Å². The predicted octanol–water partition coefficient (Wildman–Crippen LogP) is 3.75. The molecule has 0 amide bonds. The van der Waals surface area contributed by atoms with Crippen molar-refractivity contribution in [1.82, 2.24) is 9.30 Å². The summed E-state index contributed by atoms with van der Waals surface area (Å²) in [5.74, 6) is 0. The topological polar surface area (TPSA) is 31.4 Å². The normalized spacial score (nSPS) is 11.0. The first kappa shape index (κ1) is 14.4. The molecule has 0 atom stereocenters. The Morgan fingerprint density at radius 2 is 1.77 bits per heavy atom. The SMILES string of the molecule is Cc1ccccc1CN(C)Cc1cn2ccccc2c1C#N. The zero-order valence-electron chi connectivity index (χ0n) is 13.0. The lowest BCUT2D eigenvalue weighted by atomic mass is 10.1. The number of fused-ring (bicyclic) bond motifs is 1. The van der Waals surface area contributed by atoms with Crippen molar-refractivity contribution in [2.75, 3.05) is 7.05 Å². The summed E-state index contributed by atoms with van der Waals surface area (Å²) in [4.78, 5) is 2.25. The van der Waals surface area contributed by atoms with E-state index in [4.69, 9.17) is 0 Å². The van der Waals surface area contributed by atoms with E-state index in [1.54, 1.807) is 0 Å². The third kappa shape index (κ3) is 2.74. The molecule has 3 nitrogen and oxygen atoms in total. The minimum absolute atomic E-state index is 0.763. The number of nitrogens with zero attached hydrogens (tertiary/aromatic N) is 3. The maximum Gasteiger partial charge on any atom is 0.102 e. The lowest BCUT2D eigenvalue weighted by Gasteiger charge is -2.17. The molecule has 0 aliphatic rings. The molecule has 0 spiro atoms. The maximum atomic E-state index is 9.47. The van der Waals surface area contributed by atoms with Crippen LogP contribution in [-0.2, 0) is 13.1 Å². The van der Waals surface area contributed by atoms with Crippen LogP contribution in [0.15, 0.2) is 54.9 Å². The average molecular weight is 289 g/mol. The maximum absolute atomic E-state index is 9.47. The molecule has 0 aliphatic heterocycles. The first-order valence-electron chi connectivity index (χ1n) is 7.41. The van der Waals surface area contributed by atoms with Gasteiger partial charge in [-0.05, 0) is 37.2 Å². The van der Waals surface area contributed by atoms with E-state index in [0.29, 0.717) is 0 Å². The second kappa shape index (κ2) is 6.05. The highest BCUT2D eigenvalue weighted by atomic mass is 15.1. The Morgan fingerprint density at radius 1 is 1.05 bits per heavy atom. The van der Waals surface area contributed by atoms with Gasteiger partial charge in [0.05, 0.1) is 11.1 Å². The fourth-order valence-corrected chi connectivity index (χ4v) is 2.85. The van der Waals surface area contributed by atoms with Gasteiger partial charge in [0.2, 0.25) is 0 Å². The molecular weight excluding hydrogens is 270 g/mol. The van der Waals surface area contributed by atoms with Gasteiger partial charge in [-0.3, -0.25) is 4.90 Å². The number of aryl methyl sites for hydroxylation is 1. The molecule has 0 unspecified atom stereocenters.